The van der Waals surface area contributed by atoms with Crippen LogP contribution in [0.25, 0.3) is 0 Å². The molecule has 2 saturated heterocycles. The fourth-order valence-electron chi connectivity index (χ4n) is 7.86. The van der Waals surface area contributed by atoms with E-state index < -0.39 is 35.1 Å². The average Bonchev–Trinajstić information content (AvgIpc) is 3.26. The topological polar surface area (TPSA) is 93.6 Å². The third kappa shape index (κ3) is 5.08. The minimum Gasteiger partial charge on any atom is -0.394 e. The maximum atomic E-state index is 14.8. The molecule has 1 unspecified atom stereocenters. The van der Waals surface area contributed by atoms with Crippen molar-refractivity contribution in [2.75, 3.05) is 49.1 Å². The number of aliphatic hydroxyl groups excluding tert-OH is 1. The summed E-state index contributed by atoms with van der Waals surface area (Å²) in [5, 5.41) is 10.6. The van der Waals surface area contributed by atoms with Gasteiger partial charge in [0, 0.05) is 44.1 Å². The van der Waals surface area contributed by atoms with Gasteiger partial charge in [-0.25, -0.2) is 0 Å². The molecule has 1 aromatic rings. The molecule has 6 atom stereocenters. The summed E-state index contributed by atoms with van der Waals surface area (Å²) < 4.78 is 6.94. The van der Waals surface area contributed by atoms with Crippen molar-refractivity contribution >= 4 is 29.1 Å². The van der Waals surface area contributed by atoms with Crippen LogP contribution in [0.2, 0.25) is 0 Å². The monoisotopic (exact) mass is 592 g/mol. The molecule has 234 valence electrons. The molecule has 9 nitrogen and oxygen atoms in total. The van der Waals surface area contributed by atoms with E-state index in [0.29, 0.717) is 26.1 Å². The van der Waals surface area contributed by atoms with Crippen LogP contribution < -0.4 is 9.80 Å². The lowest BCUT2D eigenvalue weighted by molar-refractivity contribution is -0.151. The van der Waals surface area contributed by atoms with Gasteiger partial charge in [-0.2, -0.15) is 0 Å². The molecule has 0 radical (unpaired) electrons. The van der Waals surface area contributed by atoms with Crippen molar-refractivity contribution in [3.8, 4) is 0 Å². The summed E-state index contributed by atoms with van der Waals surface area (Å²) in [5.41, 5.74) is -0.593. The Labute approximate surface area is 256 Å². The van der Waals surface area contributed by atoms with Crippen LogP contribution in [0.5, 0.6) is 0 Å². The highest BCUT2D eigenvalue weighted by Gasteiger charge is 2.75. The summed E-state index contributed by atoms with van der Waals surface area (Å²) in [6.07, 6.45) is 8.96. The summed E-state index contributed by atoms with van der Waals surface area (Å²) >= 11 is 0. The third-order valence-electron chi connectivity index (χ3n) is 9.71. The Bertz CT molecular complexity index is 1270. The van der Waals surface area contributed by atoms with Gasteiger partial charge in [0.05, 0.1) is 30.1 Å². The van der Waals surface area contributed by atoms with Gasteiger partial charge in [-0.05, 0) is 63.8 Å². The number of nitrogens with zero attached hydrogens (tertiary/aromatic N) is 4. The Kier molecular flexibility index (Phi) is 8.78. The number of carbonyl (C=O) groups is 3. The van der Waals surface area contributed by atoms with Crippen molar-refractivity contribution in [1.29, 1.82) is 0 Å². The molecule has 0 aliphatic carbocycles. The van der Waals surface area contributed by atoms with Crippen LogP contribution in [0.15, 0.2) is 48.6 Å². The summed E-state index contributed by atoms with van der Waals surface area (Å²) in [6.45, 7) is 15.0. The number of amides is 3. The number of ether oxygens (including phenoxy) is 1. The van der Waals surface area contributed by atoms with Crippen LogP contribution >= 0.6 is 0 Å². The van der Waals surface area contributed by atoms with E-state index in [2.05, 4.69) is 18.7 Å². The zero-order valence-electron chi connectivity index (χ0n) is 26.5. The van der Waals surface area contributed by atoms with E-state index in [1.54, 1.807) is 14.7 Å². The van der Waals surface area contributed by atoms with Crippen LogP contribution in [0.1, 0.15) is 54.4 Å². The molecule has 1 aromatic carbocycles. The Morgan fingerprint density at radius 1 is 0.953 bits per heavy atom. The van der Waals surface area contributed by atoms with Crippen LogP contribution in [-0.2, 0) is 19.1 Å². The van der Waals surface area contributed by atoms with Crippen molar-refractivity contribution in [2.24, 2.45) is 17.8 Å². The van der Waals surface area contributed by atoms with Gasteiger partial charge in [0.2, 0.25) is 11.8 Å². The summed E-state index contributed by atoms with van der Waals surface area (Å²) in [7, 11) is 0. The average molecular weight is 593 g/mol. The van der Waals surface area contributed by atoms with Gasteiger partial charge in [-0.3, -0.25) is 14.4 Å². The van der Waals surface area contributed by atoms with Gasteiger partial charge in [0.15, 0.2) is 0 Å². The molecule has 4 aliphatic rings. The molecule has 1 spiro atoms. The SMILES string of the molecule is CCCN1CC=C[C@]2(C)O[C@]34C=CCN(c5ccc(N(CC)CC)cc5)C(=O)C3N([C@@H](CO)CC(C)C)C(=O)[C@@H]4[C@@H]2C1=O. The number of fused-ring (bicyclic) bond motifs is 2. The summed E-state index contributed by atoms with van der Waals surface area (Å²) in [4.78, 5) is 50.9. The van der Waals surface area contributed by atoms with Gasteiger partial charge in [0.25, 0.3) is 5.91 Å². The second-order valence-corrected chi connectivity index (χ2v) is 12.9. The molecule has 43 heavy (non-hydrogen) atoms. The van der Waals surface area contributed by atoms with Gasteiger partial charge in [-0.15, -0.1) is 0 Å². The van der Waals surface area contributed by atoms with E-state index in [0.717, 1.165) is 30.9 Å². The molecule has 0 bridgehead atoms. The lowest BCUT2D eigenvalue weighted by atomic mass is 9.74. The summed E-state index contributed by atoms with van der Waals surface area (Å²) in [5.74, 6) is -2.17. The van der Waals surface area contributed by atoms with Crippen molar-refractivity contribution < 1.29 is 24.2 Å². The number of likely N-dealkylation sites (tertiary alicyclic amines) is 1. The predicted octanol–water partition coefficient (Wildman–Crippen LogP) is 3.62. The number of rotatable bonds is 10. The molecule has 2 fully saturated rings. The second-order valence-electron chi connectivity index (χ2n) is 12.9. The highest BCUT2D eigenvalue weighted by Crippen LogP contribution is 2.58. The first kappa shape index (κ1) is 31.3. The molecule has 0 aromatic heterocycles. The van der Waals surface area contributed by atoms with Crippen molar-refractivity contribution in [3.63, 3.8) is 0 Å². The van der Waals surface area contributed by atoms with Crippen molar-refractivity contribution in [2.45, 2.75) is 77.7 Å². The quantitative estimate of drug-likeness (QED) is 0.418. The molecular weight excluding hydrogens is 544 g/mol. The number of benzene rings is 1. The van der Waals surface area contributed by atoms with E-state index in [-0.39, 0.29) is 30.2 Å². The van der Waals surface area contributed by atoms with Gasteiger partial charge in [-0.1, -0.05) is 45.1 Å². The van der Waals surface area contributed by atoms with Gasteiger partial charge < -0.3 is 29.4 Å². The predicted molar refractivity (Wildman–Crippen MR) is 168 cm³/mol. The smallest absolute Gasteiger partial charge is 0.253 e. The van der Waals surface area contributed by atoms with Crippen LogP contribution in [0.4, 0.5) is 11.4 Å². The van der Waals surface area contributed by atoms with E-state index >= 15 is 0 Å². The number of aliphatic hydroxyl groups is 1. The molecule has 3 amide bonds. The zero-order chi connectivity index (χ0) is 31.1. The molecule has 9 heteroatoms. The Balaban J connectivity index is 1.62. The molecule has 4 heterocycles. The van der Waals surface area contributed by atoms with Crippen LogP contribution in [0.3, 0.4) is 0 Å². The Morgan fingerprint density at radius 2 is 1.63 bits per heavy atom. The highest BCUT2D eigenvalue weighted by atomic mass is 16.5. The number of hydrogen-bond donors (Lipinski definition) is 1. The van der Waals surface area contributed by atoms with Crippen LogP contribution in [0, 0.1) is 17.8 Å². The number of carbonyl (C=O) groups excluding carboxylic acids is 3. The molecule has 5 rings (SSSR count). The van der Waals surface area contributed by atoms with Gasteiger partial charge in [0.1, 0.15) is 11.6 Å². The number of hydrogen-bond acceptors (Lipinski definition) is 6. The first-order valence-corrected chi connectivity index (χ1v) is 16.0. The van der Waals surface area contributed by atoms with E-state index in [9.17, 15) is 19.5 Å². The largest absolute Gasteiger partial charge is 0.394 e. The molecular formula is C34H48N4O5. The zero-order valence-corrected chi connectivity index (χ0v) is 26.5. The standard InChI is InChI=1S/C34H48N4O5/c1-7-18-36-19-10-16-33(6)27(30(36)40)28-31(41)38(26(22-39)21-23(4)5)29-32(42)37(20-11-17-34(28,29)43-33)25-14-12-24(13-15-25)35(8-2)9-3/h10-17,23,26-29,39H,7-9,18-22H2,1-6H3/t26-,27-,28+,29?,33+,34+/m1/s1. The molecule has 0 saturated carbocycles. The normalized spacial score (nSPS) is 30.8. The molecule has 1 N–H and O–H groups in total. The van der Waals surface area contributed by atoms with Crippen molar-refractivity contribution in [3.05, 3.63) is 48.6 Å². The summed E-state index contributed by atoms with van der Waals surface area (Å²) in [6, 6.07) is 6.33. The maximum Gasteiger partial charge on any atom is 0.253 e. The fraction of sp³-hybridized carbons (Fsp3) is 0.618. The highest BCUT2D eigenvalue weighted by molar-refractivity contribution is 6.06. The van der Waals surface area contributed by atoms with Crippen LogP contribution in [-0.4, -0.2) is 95.2 Å². The Morgan fingerprint density at radius 3 is 2.23 bits per heavy atom. The Hall–Kier alpha value is -3.17. The van der Waals surface area contributed by atoms with E-state index in [1.807, 2.05) is 76.3 Å². The second kappa shape index (κ2) is 12.1. The first-order valence-electron chi connectivity index (χ1n) is 16.0. The third-order valence-corrected chi connectivity index (χ3v) is 9.71. The van der Waals surface area contributed by atoms with Gasteiger partial charge >= 0.3 is 0 Å². The minimum atomic E-state index is -1.34. The van der Waals surface area contributed by atoms with E-state index in [1.165, 1.54) is 0 Å². The lowest BCUT2D eigenvalue weighted by Crippen LogP contribution is -2.59. The maximum absolute atomic E-state index is 14.8. The molecule has 4 aliphatic heterocycles. The lowest BCUT2D eigenvalue weighted by Gasteiger charge is -2.40. The number of anilines is 2. The minimum absolute atomic E-state index is 0.122. The fourth-order valence-corrected chi connectivity index (χ4v) is 7.86. The van der Waals surface area contributed by atoms with E-state index in [4.69, 9.17) is 4.74 Å². The first-order chi connectivity index (χ1) is 20.6. The van der Waals surface area contributed by atoms with Crippen molar-refractivity contribution in [1.82, 2.24) is 9.80 Å².